The summed E-state index contributed by atoms with van der Waals surface area (Å²) < 4.78 is 16.6. The molecule has 0 heterocycles. The predicted octanol–water partition coefficient (Wildman–Crippen LogP) is 7.58. The first-order chi connectivity index (χ1) is 17.9. The van der Waals surface area contributed by atoms with E-state index in [0.717, 1.165) is 24.8 Å². The van der Waals surface area contributed by atoms with Crippen molar-refractivity contribution in [2.24, 2.45) is 0 Å². The van der Waals surface area contributed by atoms with Crippen molar-refractivity contribution in [2.45, 2.75) is 32.8 Å². The second kappa shape index (κ2) is 14.3. The largest absolute Gasteiger partial charge is 0.493 e. The minimum Gasteiger partial charge on any atom is -0.493 e. The zero-order valence-electron chi connectivity index (χ0n) is 20.8. The van der Waals surface area contributed by atoms with Gasteiger partial charge in [-0.05, 0) is 66.6 Å². The van der Waals surface area contributed by atoms with Crippen molar-refractivity contribution in [1.29, 1.82) is 0 Å². The Bertz CT molecular complexity index is 1220. The van der Waals surface area contributed by atoms with E-state index >= 15 is 0 Å². The van der Waals surface area contributed by atoms with Gasteiger partial charge in [-0.2, -0.15) is 0 Å². The number of esters is 1. The predicted molar refractivity (Wildman–Crippen MR) is 148 cm³/mol. The van der Waals surface area contributed by atoms with Crippen LogP contribution < -0.4 is 14.8 Å². The normalized spacial score (nSPS) is 10.8. The molecule has 0 aliphatic rings. The molecule has 37 heavy (non-hydrogen) atoms. The molecule has 194 valence electrons. The molecule has 0 aromatic heterocycles. The van der Waals surface area contributed by atoms with Crippen LogP contribution in [0.15, 0.2) is 66.7 Å². The number of carbonyl (C=O) groups excluding carboxylic acids is 2. The van der Waals surface area contributed by atoms with Crippen LogP contribution in [0, 0.1) is 0 Å². The van der Waals surface area contributed by atoms with Gasteiger partial charge >= 0.3 is 5.97 Å². The average Bonchev–Trinajstić information content (AvgIpc) is 2.90. The Balaban J connectivity index is 1.56. The topological polar surface area (TPSA) is 73.9 Å². The molecule has 0 unspecified atom stereocenters. The number of unbranched alkanes of at least 4 members (excludes halogenated alkanes) is 2. The van der Waals surface area contributed by atoms with E-state index in [1.54, 1.807) is 66.7 Å². The maximum Gasteiger partial charge on any atom is 0.338 e. The molecule has 0 bridgehead atoms. The highest BCUT2D eigenvalue weighted by Crippen LogP contribution is 2.31. The van der Waals surface area contributed by atoms with Gasteiger partial charge in [0.25, 0.3) is 0 Å². The SMILES string of the molecule is CCCCCOC(=O)c1ccc(NC(=O)/C=C/c2ccc(OCc3c(Cl)cccc3Cl)c(OC)c2)cc1. The number of hydrogen-bond donors (Lipinski definition) is 1. The summed E-state index contributed by atoms with van der Waals surface area (Å²) in [4.78, 5) is 24.4. The summed E-state index contributed by atoms with van der Waals surface area (Å²) >= 11 is 12.4. The lowest BCUT2D eigenvalue weighted by atomic mass is 10.1. The third kappa shape index (κ3) is 8.55. The van der Waals surface area contributed by atoms with Gasteiger partial charge in [0.2, 0.25) is 5.91 Å². The number of nitrogens with one attached hydrogen (secondary N) is 1. The van der Waals surface area contributed by atoms with Crippen molar-refractivity contribution in [3.05, 3.63) is 93.5 Å². The van der Waals surface area contributed by atoms with Crippen molar-refractivity contribution in [2.75, 3.05) is 19.0 Å². The van der Waals surface area contributed by atoms with Gasteiger partial charge in [0.15, 0.2) is 11.5 Å². The Morgan fingerprint density at radius 3 is 2.35 bits per heavy atom. The van der Waals surface area contributed by atoms with Crippen LogP contribution in [0.25, 0.3) is 6.08 Å². The lowest BCUT2D eigenvalue weighted by Crippen LogP contribution is -2.09. The summed E-state index contributed by atoms with van der Waals surface area (Å²) in [7, 11) is 1.54. The van der Waals surface area contributed by atoms with Crippen LogP contribution in [0.4, 0.5) is 5.69 Å². The van der Waals surface area contributed by atoms with E-state index in [2.05, 4.69) is 12.2 Å². The fourth-order valence-electron chi connectivity index (χ4n) is 3.37. The summed E-state index contributed by atoms with van der Waals surface area (Å²) in [6, 6.07) is 17.2. The lowest BCUT2D eigenvalue weighted by Gasteiger charge is -2.13. The van der Waals surface area contributed by atoms with Gasteiger partial charge in [-0.1, -0.05) is 55.1 Å². The summed E-state index contributed by atoms with van der Waals surface area (Å²) in [6.45, 7) is 2.68. The van der Waals surface area contributed by atoms with Crippen LogP contribution in [0.2, 0.25) is 10.0 Å². The molecule has 0 aliphatic heterocycles. The molecule has 0 saturated carbocycles. The highest BCUT2D eigenvalue weighted by molar-refractivity contribution is 6.35. The molecule has 0 radical (unpaired) electrons. The maximum absolute atomic E-state index is 12.4. The van der Waals surface area contributed by atoms with Crippen molar-refractivity contribution in [3.63, 3.8) is 0 Å². The van der Waals surface area contributed by atoms with Crippen LogP contribution in [0.3, 0.4) is 0 Å². The fourth-order valence-corrected chi connectivity index (χ4v) is 3.88. The first kappa shape index (κ1) is 28.1. The number of benzene rings is 3. The van der Waals surface area contributed by atoms with Gasteiger partial charge in [0.05, 0.1) is 19.3 Å². The van der Waals surface area contributed by atoms with E-state index in [9.17, 15) is 9.59 Å². The minimum atomic E-state index is -0.370. The standard InChI is InChI=1S/C29H29Cl2NO5/c1-3-4-5-17-36-29(34)21-11-13-22(14-12-21)32-28(33)16-10-20-9-15-26(27(18-20)35-2)37-19-23-24(30)7-6-8-25(23)31/h6-16,18H,3-5,17,19H2,1-2H3,(H,32,33)/b16-10+. The molecule has 0 atom stereocenters. The van der Waals surface area contributed by atoms with E-state index in [0.29, 0.717) is 45.0 Å². The molecule has 1 N–H and O–H groups in total. The molecule has 1 amide bonds. The monoisotopic (exact) mass is 541 g/mol. The van der Waals surface area contributed by atoms with E-state index in [1.165, 1.54) is 13.2 Å². The molecule has 8 heteroatoms. The molecular weight excluding hydrogens is 513 g/mol. The zero-order chi connectivity index (χ0) is 26.6. The maximum atomic E-state index is 12.4. The Kier molecular flexibility index (Phi) is 10.9. The number of hydrogen-bond acceptors (Lipinski definition) is 5. The molecular formula is C29H29Cl2NO5. The molecule has 0 saturated heterocycles. The number of halogens is 2. The minimum absolute atomic E-state index is 0.182. The number of ether oxygens (including phenoxy) is 3. The van der Waals surface area contributed by atoms with E-state index in [1.807, 2.05) is 0 Å². The van der Waals surface area contributed by atoms with Gasteiger partial charge in [-0.15, -0.1) is 0 Å². The van der Waals surface area contributed by atoms with E-state index in [-0.39, 0.29) is 18.5 Å². The second-order valence-electron chi connectivity index (χ2n) is 8.14. The molecule has 0 spiro atoms. The van der Waals surface area contributed by atoms with Gasteiger partial charge in [0, 0.05) is 27.4 Å². The van der Waals surface area contributed by atoms with E-state index in [4.69, 9.17) is 37.4 Å². The molecule has 0 aliphatic carbocycles. The zero-order valence-corrected chi connectivity index (χ0v) is 22.3. The average molecular weight is 542 g/mol. The Hall–Kier alpha value is -3.48. The van der Waals surface area contributed by atoms with E-state index < -0.39 is 0 Å². The van der Waals surface area contributed by atoms with Crippen molar-refractivity contribution in [1.82, 2.24) is 0 Å². The van der Waals surface area contributed by atoms with Crippen LogP contribution in [0.5, 0.6) is 11.5 Å². The number of amides is 1. The summed E-state index contributed by atoms with van der Waals surface area (Å²) in [5, 5.41) is 3.81. The first-order valence-corrected chi connectivity index (χ1v) is 12.7. The Morgan fingerprint density at radius 1 is 0.946 bits per heavy atom. The molecule has 3 rings (SSSR count). The van der Waals surface area contributed by atoms with Crippen LogP contribution in [0.1, 0.15) is 47.7 Å². The van der Waals surface area contributed by atoms with Crippen LogP contribution in [-0.2, 0) is 16.1 Å². The smallest absolute Gasteiger partial charge is 0.338 e. The highest BCUT2D eigenvalue weighted by atomic mass is 35.5. The fraction of sp³-hybridized carbons (Fsp3) is 0.241. The molecule has 0 fully saturated rings. The number of methoxy groups -OCH3 is 1. The number of carbonyl (C=O) groups is 2. The molecule has 6 nitrogen and oxygen atoms in total. The van der Waals surface area contributed by atoms with Gasteiger partial charge < -0.3 is 19.5 Å². The van der Waals surface area contributed by atoms with Crippen LogP contribution in [-0.4, -0.2) is 25.6 Å². The molecule has 3 aromatic rings. The Labute approximate surface area is 227 Å². The first-order valence-electron chi connectivity index (χ1n) is 11.9. The molecule has 3 aromatic carbocycles. The summed E-state index contributed by atoms with van der Waals surface area (Å²) in [5.41, 5.74) is 2.44. The van der Waals surface area contributed by atoms with Gasteiger partial charge in [-0.25, -0.2) is 4.79 Å². The Morgan fingerprint density at radius 2 is 1.68 bits per heavy atom. The lowest BCUT2D eigenvalue weighted by molar-refractivity contribution is -0.111. The van der Waals surface area contributed by atoms with Crippen molar-refractivity contribution >= 4 is 46.8 Å². The second-order valence-corrected chi connectivity index (χ2v) is 8.96. The highest BCUT2D eigenvalue weighted by Gasteiger charge is 2.10. The number of rotatable bonds is 12. The van der Waals surface area contributed by atoms with Crippen molar-refractivity contribution < 1.29 is 23.8 Å². The van der Waals surface area contributed by atoms with Crippen LogP contribution >= 0.6 is 23.2 Å². The summed E-state index contributed by atoms with van der Waals surface area (Å²) in [5.74, 6) is 0.333. The third-order valence-electron chi connectivity index (χ3n) is 5.42. The van der Waals surface area contributed by atoms with Gasteiger partial charge in [0.1, 0.15) is 6.61 Å². The van der Waals surface area contributed by atoms with Gasteiger partial charge in [-0.3, -0.25) is 4.79 Å². The van der Waals surface area contributed by atoms with Crippen molar-refractivity contribution in [3.8, 4) is 11.5 Å². The third-order valence-corrected chi connectivity index (χ3v) is 6.13. The number of anilines is 1. The quantitative estimate of drug-likeness (QED) is 0.145. The summed E-state index contributed by atoms with van der Waals surface area (Å²) in [6.07, 6.45) is 6.01.